The van der Waals surface area contributed by atoms with E-state index < -0.39 is 42.5 Å². The Kier molecular flexibility index (Phi) is 6.16. The zero-order chi connectivity index (χ0) is 23.1. The van der Waals surface area contributed by atoms with Crippen LogP contribution in [0.15, 0.2) is 9.59 Å². The van der Waals surface area contributed by atoms with Gasteiger partial charge in [0, 0.05) is 30.9 Å². The highest BCUT2D eigenvalue weighted by Gasteiger charge is 2.32. The van der Waals surface area contributed by atoms with Crippen molar-refractivity contribution in [1.29, 1.82) is 0 Å². The van der Waals surface area contributed by atoms with Crippen molar-refractivity contribution in [3.05, 3.63) is 31.3 Å². The van der Waals surface area contributed by atoms with Gasteiger partial charge in [-0.25, -0.2) is 9.59 Å². The van der Waals surface area contributed by atoms with Crippen LogP contribution in [-0.4, -0.2) is 49.9 Å². The molecule has 0 spiro atoms. The number of aryl methyl sites for hydroxylation is 2. The number of hydrogen-bond donors (Lipinski definition) is 2. The van der Waals surface area contributed by atoms with E-state index in [9.17, 15) is 32.3 Å². The van der Waals surface area contributed by atoms with Crippen LogP contribution in [0.4, 0.5) is 18.0 Å². The summed E-state index contributed by atoms with van der Waals surface area (Å²) in [5.41, 5.74) is -0.889. The molecule has 1 fully saturated rings. The van der Waals surface area contributed by atoms with Gasteiger partial charge >= 0.3 is 18.0 Å². The molecule has 2 N–H and O–H groups in total. The van der Waals surface area contributed by atoms with Crippen LogP contribution in [0.25, 0.3) is 10.2 Å². The van der Waals surface area contributed by atoms with Gasteiger partial charge in [-0.3, -0.25) is 18.7 Å². The average molecular weight is 462 g/mol. The number of nitrogens with one attached hydrogen (secondary N) is 1. The van der Waals surface area contributed by atoms with Gasteiger partial charge in [0.05, 0.1) is 24.4 Å². The minimum atomic E-state index is -4.47. The third-order valence-electron chi connectivity index (χ3n) is 5.20. The van der Waals surface area contributed by atoms with E-state index in [1.807, 2.05) is 0 Å². The van der Waals surface area contributed by atoms with Gasteiger partial charge in [-0.2, -0.15) is 13.2 Å². The monoisotopic (exact) mass is 462 g/mol. The van der Waals surface area contributed by atoms with E-state index >= 15 is 0 Å². The lowest BCUT2D eigenvalue weighted by Crippen LogP contribution is -2.39. The number of fused-ring (bicyclic) bond motifs is 1. The molecule has 2 aromatic rings. The first kappa shape index (κ1) is 22.8. The Labute approximate surface area is 177 Å². The lowest BCUT2D eigenvalue weighted by Gasteiger charge is -2.16. The fourth-order valence-electron chi connectivity index (χ4n) is 3.68. The predicted octanol–water partition coefficient (Wildman–Crippen LogP) is 1.87. The van der Waals surface area contributed by atoms with Crippen molar-refractivity contribution in [2.24, 2.45) is 0 Å². The molecular weight excluding hydrogens is 441 g/mol. The van der Waals surface area contributed by atoms with E-state index in [0.29, 0.717) is 10.4 Å². The highest BCUT2D eigenvalue weighted by atomic mass is 32.1. The van der Waals surface area contributed by atoms with Crippen LogP contribution in [0.3, 0.4) is 0 Å². The molecular formula is C18H21F3N4O5S. The Morgan fingerprint density at radius 2 is 1.94 bits per heavy atom. The van der Waals surface area contributed by atoms with Gasteiger partial charge in [-0.15, -0.1) is 11.3 Å². The molecule has 9 nitrogen and oxygen atoms in total. The maximum Gasteiger partial charge on any atom is 0.404 e. The Balaban J connectivity index is 2.03. The first-order chi connectivity index (χ1) is 14.4. The largest absolute Gasteiger partial charge is 0.465 e. The second-order valence-corrected chi connectivity index (χ2v) is 8.39. The second-order valence-electron chi connectivity index (χ2n) is 7.30. The molecule has 170 valence electrons. The van der Waals surface area contributed by atoms with Crippen molar-refractivity contribution in [2.45, 2.75) is 58.5 Å². The number of likely N-dealkylation sites (tertiary alicyclic amines) is 1. The number of alkyl halides is 3. The predicted molar refractivity (Wildman–Crippen MR) is 106 cm³/mol. The van der Waals surface area contributed by atoms with Gasteiger partial charge in [-0.1, -0.05) is 0 Å². The first-order valence-electron chi connectivity index (χ1n) is 9.52. The highest BCUT2D eigenvalue weighted by molar-refractivity contribution is 7.18. The molecule has 2 aromatic heterocycles. The maximum atomic E-state index is 12.8. The van der Waals surface area contributed by atoms with Gasteiger partial charge in [-0.05, 0) is 19.4 Å². The minimum absolute atomic E-state index is 0.00479. The molecule has 1 aliphatic rings. The van der Waals surface area contributed by atoms with Gasteiger partial charge in [0.15, 0.2) is 0 Å². The third kappa shape index (κ3) is 4.60. The molecule has 31 heavy (non-hydrogen) atoms. The summed E-state index contributed by atoms with van der Waals surface area (Å²) < 4.78 is 40.2. The van der Waals surface area contributed by atoms with Crippen molar-refractivity contribution in [3.63, 3.8) is 0 Å². The molecule has 0 saturated carbocycles. The van der Waals surface area contributed by atoms with Crippen molar-refractivity contribution in [1.82, 2.24) is 19.4 Å². The topological polar surface area (TPSA) is 114 Å². The quantitative estimate of drug-likeness (QED) is 0.681. The molecule has 1 unspecified atom stereocenters. The SMILES string of the molecule is CCn1c(=O)c2c(C)c(CN3CC(NC(=O)O)CC3=O)sc2n(CCC(F)(F)F)c1=O. The summed E-state index contributed by atoms with van der Waals surface area (Å²) in [6.45, 7) is 2.79. The summed E-state index contributed by atoms with van der Waals surface area (Å²) in [6, 6.07) is -0.568. The number of halogens is 3. The molecule has 0 aliphatic carbocycles. The lowest BCUT2D eigenvalue weighted by molar-refractivity contribution is -0.136. The van der Waals surface area contributed by atoms with Crippen LogP contribution in [0, 0.1) is 6.92 Å². The van der Waals surface area contributed by atoms with E-state index in [1.54, 1.807) is 13.8 Å². The number of thiophene rings is 1. The van der Waals surface area contributed by atoms with E-state index in [2.05, 4.69) is 5.32 Å². The van der Waals surface area contributed by atoms with Gasteiger partial charge < -0.3 is 15.3 Å². The lowest BCUT2D eigenvalue weighted by atomic mass is 10.2. The standard InChI is InChI=1S/C18H21F3N4O5S/c1-3-24-14(27)13-9(2)11(8-23-7-10(6-12(23)26)22-16(28)29)31-15(13)25(17(24)30)5-4-18(19,20)21/h10,22H,3-8H2,1-2H3,(H,28,29). The third-order valence-corrected chi connectivity index (χ3v) is 6.50. The normalized spacial score (nSPS) is 17.0. The Bertz CT molecular complexity index is 1150. The molecule has 3 heterocycles. The van der Waals surface area contributed by atoms with E-state index in [0.717, 1.165) is 20.5 Å². The molecule has 0 aromatic carbocycles. The van der Waals surface area contributed by atoms with Crippen LogP contribution in [0.5, 0.6) is 0 Å². The zero-order valence-corrected chi connectivity index (χ0v) is 17.6. The van der Waals surface area contributed by atoms with Crippen LogP contribution in [0.1, 0.15) is 30.2 Å². The fourth-order valence-corrected chi connectivity index (χ4v) is 5.01. The number of carboxylic acid groups (broad SMARTS) is 1. The average Bonchev–Trinajstić information content (AvgIpc) is 3.14. The molecule has 13 heteroatoms. The molecule has 3 rings (SSSR count). The fraction of sp³-hybridized carbons (Fsp3) is 0.556. The summed E-state index contributed by atoms with van der Waals surface area (Å²) in [6.07, 6.45) is -6.94. The maximum absolute atomic E-state index is 12.8. The molecule has 0 bridgehead atoms. The number of rotatable bonds is 6. The van der Waals surface area contributed by atoms with Gasteiger partial charge in [0.1, 0.15) is 4.83 Å². The van der Waals surface area contributed by atoms with Crippen LogP contribution in [-0.2, 0) is 24.4 Å². The van der Waals surface area contributed by atoms with Crippen molar-refractivity contribution < 1.29 is 27.9 Å². The summed E-state index contributed by atoms with van der Waals surface area (Å²) >= 11 is 1.00. The molecule has 1 saturated heterocycles. The number of nitrogens with zero attached hydrogens (tertiary/aromatic N) is 3. The Morgan fingerprint density at radius 3 is 2.52 bits per heavy atom. The summed E-state index contributed by atoms with van der Waals surface area (Å²) in [7, 11) is 0. The first-order valence-corrected chi connectivity index (χ1v) is 10.3. The molecule has 1 aliphatic heterocycles. The summed E-state index contributed by atoms with van der Waals surface area (Å²) in [4.78, 5) is 50.7. The van der Waals surface area contributed by atoms with Crippen molar-refractivity contribution >= 4 is 33.6 Å². The van der Waals surface area contributed by atoms with Crippen molar-refractivity contribution in [3.8, 4) is 0 Å². The van der Waals surface area contributed by atoms with Gasteiger partial charge in [0.2, 0.25) is 5.91 Å². The van der Waals surface area contributed by atoms with Crippen LogP contribution >= 0.6 is 11.3 Å². The molecule has 2 amide bonds. The van der Waals surface area contributed by atoms with E-state index in [4.69, 9.17) is 5.11 Å². The number of hydrogen-bond acceptors (Lipinski definition) is 5. The minimum Gasteiger partial charge on any atom is -0.465 e. The van der Waals surface area contributed by atoms with E-state index in [1.165, 1.54) is 4.90 Å². The molecule has 1 atom stereocenters. The number of aromatic nitrogens is 2. The van der Waals surface area contributed by atoms with Crippen molar-refractivity contribution in [2.75, 3.05) is 6.54 Å². The van der Waals surface area contributed by atoms with E-state index in [-0.39, 0.29) is 42.2 Å². The smallest absolute Gasteiger partial charge is 0.404 e. The summed E-state index contributed by atoms with van der Waals surface area (Å²) in [5.74, 6) is -0.281. The second kappa shape index (κ2) is 8.36. The number of carbonyl (C=O) groups is 2. The number of carbonyl (C=O) groups excluding carboxylic acids is 1. The zero-order valence-electron chi connectivity index (χ0n) is 16.8. The number of amides is 2. The Hall–Kier alpha value is -2.83. The highest BCUT2D eigenvalue weighted by Crippen LogP contribution is 2.31. The summed E-state index contributed by atoms with van der Waals surface area (Å²) in [5, 5.41) is 11.2. The molecule has 0 radical (unpaired) electrons. The Morgan fingerprint density at radius 1 is 1.26 bits per heavy atom. The van der Waals surface area contributed by atoms with Crippen LogP contribution in [0.2, 0.25) is 0 Å². The van der Waals surface area contributed by atoms with Gasteiger partial charge in [0.25, 0.3) is 5.56 Å². The van der Waals surface area contributed by atoms with Crippen LogP contribution < -0.4 is 16.6 Å².